The zero-order chi connectivity index (χ0) is 31.8. The Labute approximate surface area is 283 Å². The van der Waals surface area contributed by atoms with Gasteiger partial charge < -0.3 is 0 Å². The van der Waals surface area contributed by atoms with E-state index in [9.17, 15) is 0 Å². The van der Waals surface area contributed by atoms with E-state index in [4.69, 9.17) is 0 Å². The first kappa shape index (κ1) is 27.6. The van der Waals surface area contributed by atoms with Gasteiger partial charge in [0.05, 0.1) is 0 Å². The van der Waals surface area contributed by atoms with E-state index in [0.717, 1.165) is 21.9 Å². The maximum atomic E-state index is 15.7. The van der Waals surface area contributed by atoms with E-state index in [1.54, 1.807) is 0 Å². The molecule has 0 spiro atoms. The van der Waals surface area contributed by atoms with Crippen LogP contribution in [0.1, 0.15) is 0 Å². The van der Waals surface area contributed by atoms with E-state index in [1.807, 2.05) is 36.4 Å². The third-order valence-electron chi connectivity index (χ3n) is 9.91. The number of benzene rings is 9. The van der Waals surface area contributed by atoms with Crippen LogP contribution in [0.25, 0.3) is 95.8 Å². The summed E-state index contributed by atoms with van der Waals surface area (Å²) < 4.78 is 18.5. The normalized spacial score (nSPS) is 11.9. The van der Waals surface area contributed by atoms with Gasteiger partial charge in [-0.3, -0.25) is 0 Å². The minimum atomic E-state index is -0.151. The molecule has 0 radical (unpaired) electrons. The SMILES string of the molecule is Fc1c2ccccc2c(-c2ccc3[se]c4c(-c5c6ccccc6c(-c6ccccc6)c6ccccc56)cccc4c3c2)c2ccccc12. The van der Waals surface area contributed by atoms with Crippen LogP contribution < -0.4 is 0 Å². The second-order valence-electron chi connectivity index (χ2n) is 12.5. The molecular formula is C46H27FSe. The van der Waals surface area contributed by atoms with Gasteiger partial charge in [0.1, 0.15) is 0 Å². The van der Waals surface area contributed by atoms with Crippen LogP contribution in [0, 0.1) is 5.82 Å². The van der Waals surface area contributed by atoms with E-state index in [0.29, 0.717) is 10.8 Å². The van der Waals surface area contributed by atoms with Gasteiger partial charge in [0.25, 0.3) is 0 Å². The standard InChI is InChI=1S/C46H27FSe/c47-45-36-21-10-8-19-34(36)43(35-20-9-11-22-37(35)45)29-25-26-41-40(27-29)38-23-12-24-39(46(38)48-41)44-32-17-6-4-15-30(32)42(28-13-2-1-3-14-28)31-16-5-7-18-33(31)44/h1-27H. The predicted molar refractivity (Wildman–Crippen MR) is 205 cm³/mol. The van der Waals surface area contributed by atoms with Crippen LogP contribution in [-0.2, 0) is 0 Å². The fourth-order valence-corrected chi connectivity index (χ4v) is 10.4. The topological polar surface area (TPSA) is 0 Å². The number of rotatable bonds is 3. The molecule has 0 fully saturated rings. The average Bonchev–Trinajstić information content (AvgIpc) is 3.53. The molecule has 0 bridgehead atoms. The summed E-state index contributed by atoms with van der Waals surface area (Å²) in [6.45, 7) is 0. The summed E-state index contributed by atoms with van der Waals surface area (Å²) in [7, 11) is 0. The van der Waals surface area contributed by atoms with Crippen LogP contribution in [-0.4, -0.2) is 14.5 Å². The number of hydrogen-bond donors (Lipinski definition) is 0. The molecule has 224 valence electrons. The molecular weight excluding hydrogens is 650 g/mol. The van der Waals surface area contributed by atoms with Crippen molar-refractivity contribution in [1.29, 1.82) is 0 Å². The molecule has 0 unspecified atom stereocenters. The van der Waals surface area contributed by atoms with Crippen LogP contribution in [0.2, 0.25) is 0 Å². The molecule has 2 heteroatoms. The predicted octanol–water partition coefficient (Wildman–Crippen LogP) is 12.8. The minimum absolute atomic E-state index is 0.132. The molecule has 0 aliphatic rings. The summed E-state index contributed by atoms with van der Waals surface area (Å²) in [5, 5.41) is 10.9. The summed E-state index contributed by atoms with van der Waals surface area (Å²) in [4.78, 5) is 0. The van der Waals surface area contributed by atoms with Gasteiger partial charge >= 0.3 is 284 Å². The first-order valence-corrected chi connectivity index (χ1v) is 18.0. The van der Waals surface area contributed by atoms with Gasteiger partial charge in [-0.15, -0.1) is 0 Å². The number of fused-ring (bicyclic) bond motifs is 7. The molecule has 0 N–H and O–H groups in total. The number of halogens is 1. The van der Waals surface area contributed by atoms with Gasteiger partial charge in [-0.05, 0) is 0 Å². The van der Waals surface area contributed by atoms with Crippen molar-refractivity contribution in [2.24, 2.45) is 0 Å². The summed E-state index contributed by atoms with van der Waals surface area (Å²) in [5.41, 5.74) is 7.36. The molecule has 0 nitrogen and oxygen atoms in total. The van der Waals surface area contributed by atoms with E-state index in [1.165, 1.54) is 63.1 Å². The van der Waals surface area contributed by atoms with Crippen molar-refractivity contribution in [1.82, 2.24) is 0 Å². The van der Waals surface area contributed by atoms with Crippen molar-refractivity contribution in [2.45, 2.75) is 0 Å². The van der Waals surface area contributed by atoms with Gasteiger partial charge in [0.2, 0.25) is 0 Å². The fraction of sp³-hybridized carbons (Fsp3) is 0. The Bertz CT molecular complexity index is 2780. The van der Waals surface area contributed by atoms with Gasteiger partial charge in [-0.2, -0.15) is 0 Å². The van der Waals surface area contributed by atoms with Crippen molar-refractivity contribution < 1.29 is 4.39 Å². The molecule has 0 saturated heterocycles. The summed E-state index contributed by atoms with van der Waals surface area (Å²) in [6.07, 6.45) is 0. The first-order chi connectivity index (χ1) is 23.8. The quantitative estimate of drug-likeness (QED) is 0.129. The Balaban J connectivity index is 1.27. The Morgan fingerprint density at radius 1 is 0.333 bits per heavy atom. The van der Waals surface area contributed by atoms with E-state index < -0.39 is 0 Å². The van der Waals surface area contributed by atoms with Gasteiger partial charge in [0, 0.05) is 0 Å². The van der Waals surface area contributed by atoms with Crippen molar-refractivity contribution in [3.63, 3.8) is 0 Å². The Hall–Kier alpha value is -5.53. The maximum absolute atomic E-state index is 15.7. The molecule has 0 saturated carbocycles. The first-order valence-electron chi connectivity index (χ1n) is 16.3. The van der Waals surface area contributed by atoms with Gasteiger partial charge in [-0.25, -0.2) is 0 Å². The monoisotopic (exact) mass is 678 g/mol. The molecule has 9 aromatic carbocycles. The Morgan fingerprint density at radius 3 is 1.38 bits per heavy atom. The molecule has 0 amide bonds. The molecule has 0 aliphatic carbocycles. The average molecular weight is 678 g/mol. The molecule has 10 aromatic rings. The second-order valence-corrected chi connectivity index (χ2v) is 14.7. The van der Waals surface area contributed by atoms with Gasteiger partial charge in [0.15, 0.2) is 0 Å². The number of hydrogen-bond acceptors (Lipinski definition) is 0. The summed E-state index contributed by atoms with van der Waals surface area (Å²) in [6, 6.07) is 58.1. The van der Waals surface area contributed by atoms with E-state index in [-0.39, 0.29) is 20.3 Å². The Morgan fingerprint density at radius 2 is 0.792 bits per heavy atom. The fourth-order valence-electron chi connectivity index (χ4n) is 7.87. The molecule has 1 heterocycles. The van der Waals surface area contributed by atoms with Crippen molar-refractivity contribution in [2.75, 3.05) is 0 Å². The van der Waals surface area contributed by atoms with E-state index in [2.05, 4.69) is 127 Å². The zero-order valence-electron chi connectivity index (χ0n) is 25.9. The van der Waals surface area contributed by atoms with Crippen LogP contribution in [0.15, 0.2) is 164 Å². The molecule has 0 atom stereocenters. The third-order valence-corrected chi connectivity index (χ3v) is 12.5. The summed E-state index contributed by atoms with van der Waals surface area (Å²) >= 11 is 0.132. The molecule has 48 heavy (non-hydrogen) atoms. The van der Waals surface area contributed by atoms with Crippen LogP contribution in [0.3, 0.4) is 0 Å². The van der Waals surface area contributed by atoms with E-state index >= 15 is 4.39 Å². The van der Waals surface area contributed by atoms with Crippen LogP contribution >= 0.6 is 0 Å². The van der Waals surface area contributed by atoms with Crippen molar-refractivity contribution in [3.05, 3.63) is 170 Å². The summed E-state index contributed by atoms with van der Waals surface area (Å²) in [5.74, 6) is -0.151. The zero-order valence-corrected chi connectivity index (χ0v) is 27.6. The third kappa shape index (κ3) is 4.00. The van der Waals surface area contributed by atoms with Crippen molar-refractivity contribution >= 4 is 76.9 Å². The Kier molecular flexibility index (Phi) is 6.18. The van der Waals surface area contributed by atoms with Crippen molar-refractivity contribution in [3.8, 4) is 33.4 Å². The van der Waals surface area contributed by atoms with Crippen LogP contribution in [0.4, 0.5) is 4.39 Å². The molecule has 0 aliphatic heterocycles. The van der Waals surface area contributed by atoms with Crippen LogP contribution in [0.5, 0.6) is 0 Å². The molecule has 10 rings (SSSR count). The second kappa shape index (κ2) is 10.8. The van der Waals surface area contributed by atoms with Gasteiger partial charge in [-0.1, -0.05) is 0 Å². The molecule has 1 aromatic heterocycles.